The molecule has 7 nitrogen and oxygen atoms in total. The van der Waals surface area contributed by atoms with Crippen LogP contribution in [0.3, 0.4) is 0 Å². The molecule has 0 unspecified atom stereocenters. The SMILES string of the molecule is C=CC[C@]1(C(=O)NNCCc2ccccc2)N=C(c2ccc(OCCCO)cc2)O[C@H]1c1ccccc1Br. The highest BCUT2D eigenvalue weighted by Crippen LogP contribution is 2.44. The summed E-state index contributed by atoms with van der Waals surface area (Å²) in [5.74, 6) is 0.750. The topological polar surface area (TPSA) is 92.2 Å². The molecule has 0 saturated heterocycles. The van der Waals surface area contributed by atoms with E-state index in [1.165, 1.54) is 5.56 Å². The Balaban J connectivity index is 1.58. The molecule has 0 bridgehead atoms. The summed E-state index contributed by atoms with van der Waals surface area (Å²) in [6.07, 6.45) is 2.62. The molecule has 0 fully saturated rings. The Morgan fingerprint density at radius 2 is 1.84 bits per heavy atom. The third kappa shape index (κ3) is 6.51. The first-order chi connectivity index (χ1) is 18.6. The average molecular weight is 579 g/mol. The highest BCUT2D eigenvalue weighted by Gasteiger charge is 2.53. The number of halogens is 1. The Hall–Kier alpha value is -3.46. The molecular formula is C30H32BrN3O4. The van der Waals surface area contributed by atoms with Crippen LogP contribution in [0.5, 0.6) is 5.75 Å². The minimum absolute atomic E-state index is 0.0771. The lowest BCUT2D eigenvalue weighted by Crippen LogP contribution is -2.52. The number of amides is 1. The number of ether oxygens (including phenoxy) is 2. The van der Waals surface area contributed by atoms with E-state index in [9.17, 15) is 4.79 Å². The summed E-state index contributed by atoms with van der Waals surface area (Å²) in [5, 5.41) is 8.97. The predicted octanol–water partition coefficient (Wildman–Crippen LogP) is 4.91. The van der Waals surface area contributed by atoms with E-state index in [4.69, 9.17) is 19.6 Å². The standard InChI is InChI=1S/C30H32BrN3O4/c1-2-18-30(29(36)34-32-19-17-22-9-4-3-5-10-22)27(25-11-6-7-12-26(25)31)38-28(33-30)23-13-15-24(16-14-23)37-21-8-20-35/h2-7,9-16,27,32,35H,1,8,17-21H2,(H,34,36)/t27-,30-/m0/s1. The Kier molecular flexibility index (Phi) is 9.70. The van der Waals surface area contributed by atoms with Gasteiger partial charge in [-0.2, -0.15) is 0 Å². The van der Waals surface area contributed by atoms with Crippen LogP contribution in [-0.2, 0) is 16.0 Å². The van der Waals surface area contributed by atoms with Gasteiger partial charge in [0.05, 0.1) is 6.61 Å². The van der Waals surface area contributed by atoms with Crippen LogP contribution in [0.25, 0.3) is 0 Å². The molecule has 3 N–H and O–H groups in total. The van der Waals surface area contributed by atoms with Crippen LogP contribution in [0, 0.1) is 0 Å². The van der Waals surface area contributed by atoms with Crippen LogP contribution in [0.1, 0.15) is 35.6 Å². The van der Waals surface area contributed by atoms with E-state index < -0.39 is 11.6 Å². The number of carbonyl (C=O) groups excluding carboxylic acids is 1. The summed E-state index contributed by atoms with van der Waals surface area (Å²) in [5.41, 5.74) is 7.39. The van der Waals surface area contributed by atoms with Gasteiger partial charge in [-0.15, -0.1) is 6.58 Å². The van der Waals surface area contributed by atoms with Crippen molar-refractivity contribution in [1.82, 2.24) is 10.9 Å². The zero-order chi connectivity index (χ0) is 26.8. The van der Waals surface area contributed by atoms with Gasteiger partial charge in [0.15, 0.2) is 11.6 Å². The van der Waals surface area contributed by atoms with Crippen molar-refractivity contribution in [2.45, 2.75) is 30.9 Å². The minimum atomic E-state index is -1.27. The van der Waals surface area contributed by atoms with E-state index in [0.29, 0.717) is 31.2 Å². The number of carbonyl (C=O) groups is 1. The van der Waals surface area contributed by atoms with Crippen LogP contribution >= 0.6 is 15.9 Å². The molecule has 0 aromatic heterocycles. The second-order valence-electron chi connectivity index (χ2n) is 8.92. The molecule has 198 valence electrons. The first kappa shape index (κ1) is 27.6. The first-order valence-corrected chi connectivity index (χ1v) is 13.4. The molecule has 1 amide bonds. The highest BCUT2D eigenvalue weighted by atomic mass is 79.9. The van der Waals surface area contributed by atoms with E-state index >= 15 is 0 Å². The number of aliphatic hydroxyl groups excluding tert-OH is 1. The molecule has 2 atom stereocenters. The number of hydrogen-bond acceptors (Lipinski definition) is 6. The lowest BCUT2D eigenvalue weighted by atomic mass is 9.84. The molecular weight excluding hydrogens is 546 g/mol. The Morgan fingerprint density at radius 1 is 1.11 bits per heavy atom. The van der Waals surface area contributed by atoms with E-state index in [2.05, 4.69) is 45.5 Å². The van der Waals surface area contributed by atoms with Crippen LogP contribution in [0.2, 0.25) is 0 Å². The second-order valence-corrected chi connectivity index (χ2v) is 9.77. The zero-order valence-corrected chi connectivity index (χ0v) is 22.7. The van der Waals surface area contributed by atoms with Gasteiger partial charge < -0.3 is 14.6 Å². The molecule has 38 heavy (non-hydrogen) atoms. The van der Waals surface area contributed by atoms with Crippen molar-refractivity contribution in [3.8, 4) is 5.75 Å². The maximum Gasteiger partial charge on any atom is 0.266 e. The molecule has 3 aromatic rings. The lowest BCUT2D eigenvalue weighted by Gasteiger charge is -2.30. The van der Waals surface area contributed by atoms with Crippen molar-refractivity contribution < 1.29 is 19.4 Å². The van der Waals surface area contributed by atoms with Crippen molar-refractivity contribution in [2.24, 2.45) is 4.99 Å². The summed E-state index contributed by atoms with van der Waals surface area (Å²) in [6, 6.07) is 25.1. The summed E-state index contributed by atoms with van der Waals surface area (Å²) in [4.78, 5) is 18.7. The fourth-order valence-electron chi connectivity index (χ4n) is 4.30. The van der Waals surface area contributed by atoms with Gasteiger partial charge in [-0.3, -0.25) is 10.2 Å². The van der Waals surface area contributed by atoms with Crippen LogP contribution < -0.4 is 15.6 Å². The summed E-state index contributed by atoms with van der Waals surface area (Å²) < 4.78 is 12.9. The summed E-state index contributed by atoms with van der Waals surface area (Å²) in [7, 11) is 0. The first-order valence-electron chi connectivity index (χ1n) is 12.6. The monoisotopic (exact) mass is 577 g/mol. The predicted molar refractivity (Wildman–Crippen MR) is 152 cm³/mol. The number of aliphatic imine (C=N–C) groups is 1. The zero-order valence-electron chi connectivity index (χ0n) is 21.1. The number of hydrogen-bond donors (Lipinski definition) is 3. The highest BCUT2D eigenvalue weighted by molar-refractivity contribution is 9.10. The number of hydrazine groups is 1. The number of rotatable bonds is 13. The lowest BCUT2D eigenvalue weighted by molar-refractivity contribution is -0.129. The average Bonchev–Trinajstić information content (AvgIpc) is 3.33. The largest absolute Gasteiger partial charge is 0.494 e. The van der Waals surface area contributed by atoms with Crippen molar-refractivity contribution in [1.29, 1.82) is 0 Å². The maximum absolute atomic E-state index is 13.8. The van der Waals surface area contributed by atoms with Crippen LogP contribution in [0.4, 0.5) is 0 Å². The Bertz CT molecular complexity index is 1250. The van der Waals surface area contributed by atoms with Crippen molar-refractivity contribution in [3.05, 3.63) is 113 Å². The Morgan fingerprint density at radius 3 is 2.55 bits per heavy atom. The number of nitrogens with one attached hydrogen (secondary N) is 2. The maximum atomic E-state index is 13.8. The molecule has 0 aliphatic carbocycles. The molecule has 0 radical (unpaired) electrons. The van der Waals surface area contributed by atoms with E-state index in [1.807, 2.05) is 66.7 Å². The quantitative estimate of drug-likeness (QED) is 0.152. The number of aliphatic hydroxyl groups is 1. The van der Waals surface area contributed by atoms with Gasteiger partial charge in [0.1, 0.15) is 5.75 Å². The van der Waals surface area contributed by atoms with Gasteiger partial charge in [0.25, 0.3) is 5.91 Å². The molecule has 0 saturated carbocycles. The van der Waals surface area contributed by atoms with E-state index in [0.717, 1.165) is 22.0 Å². The molecule has 3 aromatic carbocycles. The fourth-order valence-corrected chi connectivity index (χ4v) is 4.80. The van der Waals surface area contributed by atoms with Crippen molar-refractivity contribution in [3.63, 3.8) is 0 Å². The number of benzene rings is 3. The van der Waals surface area contributed by atoms with Gasteiger partial charge in [-0.25, -0.2) is 10.4 Å². The Labute approximate surface area is 231 Å². The molecule has 1 aliphatic rings. The van der Waals surface area contributed by atoms with Gasteiger partial charge >= 0.3 is 0 Å². The number of nitrogens with zero attached hydrogens (tertiary/aromatic N) is 1. The molecule has 1 heterocycles. The van der Waals surface area contributed by atoms with Crippen LogP contribution in [0.15, 0.2) is 101 Å². The fraction of sp³-hybridized carbons (Fsp3) is 0.267. The molecule has 8 heteroatoms. The van der Waals surface area contributed by atoms with Gasteiger partial charge in [-0.1, -0.05) is 70.5 Å². The van der Waals surface area contributed by atoms with E-state index in [1.54, 1.807) is 6.08 Å². The normalized spacial score (nSPS) is 18.4. The molecule has 1 aliphatic heterocycles. The van der Waals surface area contributed by atoms with Crippen molar-refractivity contribution >= 4 is 27.7 Å². The third-order valence-electron chi connectivity index (χ3n) is 6.26. The second kappa shape index (κ2) is 13.4. The molecule has 4 rings (SSSR count). The van der Waals surface area contributed by atoms with E-state index in [-0.39, 0.29) is 18.9 Å². The smallest absolute Gasteiger partial charge is 0.266 e. The summed E-state index contributed by atoms with van der Waals surface area (Å²) >= 11 is 3.63. The van der Waals surface area contributed by atoms with Crippen molar-refractivity contribution in [2.75, 3.05) is 19.8 Å². The summed E-state index contributed by atoms with van der Waals surface area (Å²) in [6.45, 7) is 4.98. The van der Waals surface area contributed by atoms with Crippen LogP contribution in [-0.4, -0.2) is 42.2 Å². The minimum Gasteiger partial charge on any atom is -0.494 e. The molecule has 0 spiro atoms. The van der Waals surface area contributed by atoms with Gasteiger partial charge in [-0.05, 0) is 42.3 Å². The van der Waals surface area contributed by atoms with Gasteiger partial charge in [0.2, 0.25) is 5.90 Å². The van der Waals surface area contributed by atoms with Gasteiger partial charge in [0, 0.05) is 41.6 Å². The third-order valence-corrected chi connectivity index (χ3v) is 6.98.